The van der Waals surface area contributed by atoms with Gasteiger partial charge in [-0.05, 0) is 0 Å². The molecule has 0 atom stereocenters. The van der Waals surface area contributed by atoms with Crippen molar-refractivity contribution in [3.05, 3.63) is 20.1 Å². The van der Waals surface area contributed by atoms with Crippen molar-refractivity contribution >= 4 is 72.6 Å². The first kappa shape index (κ1) is 27.5. The molecule has 0 bridgehead atoms. The predicted molar refractivity (Wildman–Crippen MR) is 148 cm³/mol. The van der Waals surface area contributed by atoms with Crippen LogP contribution < -0.4 is 9.05 Å². The number of rotatable bonds is 6. The van der Waals surface area contributed by atoms with Gasteiger partial charge in [-0.25, -0.2) is 0 Å². The number of benzene rings is 1. The Morgan fingerprint density at radius 3 is 1.57 bits per heavy atom. The Bertz CT molecular complexity index is 1100. The standard InChI is InChI=1S/C20H31Cl4N5O4P2/c1-8-28(9-2)34(29(10-3)11-4)12-35(33-19(34)25-5,26(6)20(30)27(35)7)31-17-15(23)13(21)14(22)16(24)18(17)32-35/h8-12H2,1-7H3. The number of fused-ring (bicyclic) bond motifs is 1. The third kappa shape index (κ3) is 2.82. The summed E-state index contributed by atoms with van der Waals surface area (Å²) in [4.78, 5) is 17.9. The summed E-state index contributed by atoms with van der Waals surface area (Å²) in [5.41, 5.74) is 0.490. The van der Waals surface area contributed by atoms with E-state index in [1.54, 1.807) is 21.1 Å². The van der Waals surface area contributed by atoms with Crippen molar-refractivity contribution in [3.63, 3.8) is 0 Å². The molecule has 4 rings (SSSR count). The Kier molecular flexibility index (Phi) is 6.49. The van der Waals surface area contributed by atoms with E-state index in [9.17, 15) is 4.79 Å². The van der Waals surface area contributed by atoms with Crippen molar-refractivity contribution in [2.45, 2.75) is 27.7 Å². The molecule has 0 aromatic heterocycles. The summed E-state index contributed by atoms with van der Waals surface area (Å²) in [7, 11) is 2.37. The van der Waals surface area contributed by atoms with E-state index in [1.807, 2.05) is 0 Å². The van der Waals surface area contributed by atoms with Crippen LogP contribution in [0.3, 0.4) is 0 Å². The minimum atomic E-state index is -5.35. The van der Waals surface area contributed by atoms with E-state index >= 15 is 0 Å². The van der Waals surface area contributed by atoms with Gasteiger partial charge in [-0.15, -0.1) is 0 Å². The zero-order valence-corrected chi connectivity index (χ0v) is 25.6. The van der Waals surface area contributed by atoms with Gasteiger partial charge < -0.3 is 0 Å². The molecule has 198 valence electrons. The number of hydrogen-bond acceptors (Lipinski definition) is 7. The zero-order chi connectivity index (χ0) is 26.2. The van der Waals surface area contributed by atoms with Crippen LogP contribution in [0.2, 0.25) is 20.1 Å². The molecule has 1 aromatic carbocycles. The number of carbonyl (C=O) groups is 1. The monoisotopic (exact) mass is 607 g/mol. The molecular weight excluding hydrogens is 578 g/mol. The Morgan fingerprint density at radius 1 is 0.829 bits per heavy atom. The van der Waals surface area contributed by atoms with Crippen LogP contribution in [0.25, 0.3) is 0 Å². The van der Waals surface area contributed by atoms with E-state index in [0.29, 0.717) is 5.64 Å². The normalized spacial score (nSPS) is 25.6. The van der Waals surface area contributed by atoms with E-state index in [4.69, 9.17) is 60.0 Å². The molecule has 3 heterocycles. The number of amides is 2. The van der Waals surface area contributed by atoms with Crippen LogP contribution in [0.1, 0.15) is 27.7 Å². The average molecular weight is 609 g/mol. The average Bonchev–Trinajstić information content (AvgIpc) is 3.35. The molecule has 2 amide bonds. The molecule has 3 aliphatic heterocycles. The molecule has 9 nitrogen and oxygen atoms in total. The van der Waals surface area contributed by atoms with Crippen molar-refractivity contribution in [2.75, 3.05) is 53.2 Å². The molecular formula is C20H31Cl4N5O4P2. The van der Waals surface area contributed by atoms with E-state index in [0.717, 1.165) is 26.2 Å². The summed E-state index contributed by atoms with van der Waals surface area (Å²) in [5, 5.41) is 0.138. The fourth-order valence-corrected chi connectivity index (χ4v) is 22.1. The molecule has 0 aliphatic carbocycles. The quantitative estimate of drug-likeness (QED) is 0.193. The molecule has 0 unspecified atom stereocenters. The van der Waals surface area contributed by atoms with Gasteiger partial charge in [0, 0.05) is 0 Å². The van der Waals surface area contributed by atoms with Crippen molar-refractivity contribution in [2.24, 2.45) is 4.99 Å². The maximum atomic E-state index is 13.2. The molecule has 0 saturated carbocycles. The topological polar surface area (TPSA) is 70.1 Å². The number of hydrogen-bond donors (Lipinski definition) is 0. The SMILES string of the molecule is CCN(CC)[P+]1(N(CC)CC)C[P-]23(OC1=NC)(Oc1c(Cl)c(Cl)c(Cl)c(Cl)c1O2)N(C)C(=O)N3C. The molecule has 3 aliphatic rings. The van der Waals surface area contributed by atoms with Gasteiger partial charge in [-0.2, -0.15) is 0 Å². The maximum absolute atomic E-state index is 13.2. The Labute approximate surface area is 226 Å². The second kappa shape index (κ2) is 8.25. The molecule has 1 aromatic rings. The molecule has 2 saturated heterocycles. The molecule has 35 heavy (non-hydrogen) atoms. The summed E-state index contributed by atoms with van der Waals surface area (Å²) in [6, 6.07) is -0.327. The number of urea groups is 1. The predicted octanol–water partition coefficient (Wildman–Crippen LogP) is 7.24. The van der Waals surface area contributed by atoms with Gasteiger partial charge in [0.2, 0.25) is 0 Å². The van der Waals surface area contributed by atoms with Crippen LogP contribution in [0.15, 0.2) is 4.99 Å². The number of aliphatic imine (C=N–C) groups is 1. The first-order valence-corrected chi connectivity index (χ1v) is 17.3. The van der Waals surface area contributed by atoms with Crippen molar-refractivity contribution < 1.29 is 18.4 Å². The summed E-state index contributed by atoms with van der Waals surface area (Å²) in [6.07, 6.45) is 0. The minimum absolute atomic E-state index is 0.0322. The van der Waals surface area contributed by atoms with Gasteiger partial charge in [0.05, 0.1) is 0 Å². The van der Waals surface area contributed by atoms with Crippen LogP contribution >= 0.6 is 60.9 Å². The van der Waals surface area contributed by atoms with Gasteiger partial charge in [0.15, 0.2) is 0 Å². The van der Waals surface area contributed by atoms with Crippen LogP contribution in [-0.2, 0) is 4.52 Å². The summed E-state index contributed by atoms with van der Waals surface area (Å²) >= 11 is 26.0. The van der Waals surface area contributed by atoms with Gasteiger partial charge >= 0.3 is 227 Å². The second-order valence-corrected chi connectivity index (χ2v) is 19.0. The van der Waals surface area contributed by atoms with Crippen molar-refractivity contribution in [1.29, 1.82) is 0 Å². The second-order valence-electron chi connectivity index (χ2n) is 8.65. The first-order valence-electron chi connectivity index (χ1n) is 11.4. The van der Waals surface area contributed by atoms with E-state index in [1.165, 1.54) is 9.34 Å². The van der Waals surface area contributed by atoms with Crippen molar-refractivity contribution in [1.82, 2.24) is 18.7 Å². The molecule has 2 fully saturated rings. The van der Waals surface area contributed by atoms with Gasteiger partial charge in [0.1, 0.15) is 0 Å². The summed E-state index contributed by atoms with van der Waals surface area (Å²) in [5.74, 6) is 0.424. The van der Waals surface area contributed by atoms with E-state index in [-0.39, 0.29) is 43.5 Å². The van der Waals surface area contributed by atoms with Crippen LogP contribution in [0, 0.1) is 0 Å². The molecule has 0 N–H and O–H groups in total. The molecule has 15 heteroatoms. The van der Waals surface area contributed by atoms with Gasteiger partial charge in [-0.3, -0.25) is 0 Å². The third-order valence-electron chi connectivity index (χ3n) is 7.48. The molecule has 0 radical (unpaired) electrons. The van der Waals surface area contributed by atoms with Crippen LogP contribution in [0.5, 0.6) is 11.5 Å². The number of nitrogens with zero attached hydrogens (tertiary/aromatic N) is 5. The van der Waals surface area contributed by atoms with Crippen LogP contribution in [-0.4, -0.2) is 83.6 Å². The van der Waals surface area contributed by atoms with Crippen LogP contribution in [0.4, 0.5) is 4.79 Å². The number of carbonyl (C=O) groups excluding carboxylic acids is 1. The first-order chi connectivity index (χ1) is 16.4. The Morgan fingerprint density at radius 2 is 1.23 bits per heavy atom. The Hall–Kier alpha value is -0.500. The Balaban J connectivity index is 2.11. The summed E-state index contributed by atoms with van der Waals surface area (Å²) < 4.78 is 28.2. The summed E-state index contributed by atoms with van der Waals surface area (Å²) in [6.45, 7) is 5.95. The number of halogens is 4. The van der Waals surface area contributed by atoms with E-state index < -0.39 is 14.5 Å². The fraction of sp³-hybridized carbons (Fsp3) is 0.600. The van der Waals surface area contributed by atoms with Crippen molar-refractivity contribution in [3.8, 4) is 11.5 Å². The fourth-order valence-electron chi connectivity index (χ4n) is 5.60. The van der Waals surface area contributed by atoms with Gasteiger partial charge in [-0.1, -0.05) is 0 Å². The van der Waals surface area contributed by atoms with E-state index in [2.05, 4.69) is 42.0 Å². The van der Waals surface area contributed by atoms with Gasteiger partial charge in [0.25, 0.3) is 0 Å². The molecule has 1 spiro atoms. The zero-order valence-electron chi connectivity index (χ0n) is 20.8. The third-order valence-corrected chi connectivity index (χ3v) is 22.3.